The first kappa shape index (κ1) is 15.6. The fourth-order valence-electron chi connectivity index (χ4n) is 3.15. The van der Waals surface area contributed by atoms with Gasteiger partial charge in [-0.15, -0.1) is 0 Å². The first-order chi connectivity index (χ1) is 10.2. The second-order valence-electron chi connectivity index (χ2n) is 5.80. The van der Waals surface area contributed by atoms with Gasteiger partial charge in [0.15, 0.2) is 0 Å². The summed E-state index contributed by atoms with van der Waals surface area (Å²) in [7, 11) is 0. The lowest BCUT2D eigenvalue weighted by molar-refractivity contribution is -0.144. The number of esters is 1. The van der Waals surface area contributed by atoms with Gasteiger partial charge in [0.05, 0.1) is 19.1 Å². The Bertz CT molecular complexity index is 493. The van der Waals surface area contributed by atoms with E-state index in [1.807, 2.05) is 6.92 Å². The minimum Gasteiger partial charge on any atom is -0.466 e. The van der Waals surface area contributed by atoms with Crippen molar-refractivity contribution in [2.45, 2.75) is 51.4 Å². The number of nitrogens with zero attached hydrogens (tertiary/aromatic N) is 1. The van der Waals surface area contributed by atoms with Gasteiger partial charge in [-0.25, -0.2) is 0 Å². The van der Waals surface area contributed by atoms with Crippen LogP contribution in [0.1, 0.15) is 56.1 Å². The third kappa shape index (κ3) is 4.60. The molecule has 21 heavy (non-hydrogen) atoms. The maximum atomic E-state index is 11.5. The number of carbonyl (C=O) groups excluding carboxylic acids is 1. The van der Waals surface area contributed by atoms with Crippen molar-refractivity contribution >= 4 is 5.97 Å². The van der Waals surface area contributed by atoms with E-state index >= 15 is 0 Å². The van der Waals surface area contributed by atoms with Gasteiger partial charge in [-0.1, -0.05) is 24.3 Å². The van der Waals surface area contributed by atoms with E-state index < -0.39 is 0 Å². The topological polar surface area (TPSA) is 50.1 Å². The van der Waals surface area contributed by atoms with Crippen LogP contribution in [0, 0.1) is 17.2 Å². The highest BCUT2D eigenvalue weighted by Gasteiger charge is 2.24. The van der Waals surface area contributed by atoms with E-state index in [0.717, 1.165) is 31.2 Å². The van der Waals surface area contributed by atoms with Gasteiger partial charge >= 0.3 is 5.97 Å². The van der Waals surface area contributed by atoms with Crippen LogP contribution in [0.4, 0.5) is 0 Å². The number of benzene rings is 1. The molecule has 0 saturated heterocycles. The molecular weight excluding hydrogens is 262 g/mol. The van der Waals surface area contributed by atoms with Gasteiger partial charge in [0.25, 0.3) is 0 Å². The largest absolute Gasteiger partial charge is 0.466 e. The summed E-state index contributed by atoms with van der Waals surface area (Å²) in [6.45, 7) is 2.33. The van der Waals surface area contributed by atoms with Gasteiger partial charge in [-0.3, -0.25) is 4.79 Å². The van der Waals surface area contributed by atoms with Crippen molar-refractivity contribution in [1.29, 1.82) is 5.26 Å². The summed E-state index contributed by atoms with van der Waals surface area (Å²) in [6, 6.07) is 10.6. The Hall–Kier alpha value is -1.82. The van der Waals surface area contributed by atoms with Gasteiger partial charge in [-0.2, -0.15) is 5.26 Å². The van der Waals surface area contributed by atoms with Crippen LogP contribution in [-0.4, -0.2) is 12.6 Å². The Labute approximate surface area is 126 Å². The zero-order valence-corrected chi connectivity index (χ0v) is 12.7. The summed E-state index contributed by atoms with van der Waals surface area (Å²) >= 11 is 0. The van der Waals surface area contributed by atoms with Gasteiger partial charge in [-0.05, 0) is 55.6 Å². The maximum Gasteiger partial charge on any atom is 0.306 e. The van der Waals surface area contributed by atoms with Crippen molar-refractivity contribution in [3.63, 3.8) is 0 Å². The molecule has 112 valence electrons. The minimum absolute atomic E-state index is 0.0539. The highest BCUT2D eigenvalue weighted by Crippen LogP contribution is 2.37. The molecule has 1 aliphatic carbocycles. The number of ether oxygens (including phenoxy) is 1. The van der Waals surface area contributed by atoms with E-state index in [1.54, 1.807) is 0 Å². The van der Waals surface area contributed by atoms with Crippen molar-refractivity contribution in [3.8, 4) is 6.07 Å². The Morgan fingerprint density at radius 2 is 1.90 bits per heavy atom. The van der Waals surface area contributed by atoms with Gasteiger partial charge in [0.2, 0.25) is 0 Å². The maximum absolute atomic E-state index is 11.5. The SMILES string of the molecule is CCOC(=O)C[C@H]1CC[C@H](c2ccc(CC#N)cc2)CC1. The van der Waals surface area contributed by atoms with Crippen molar-refractivity contribution in [3.05, 3.63) is 35.4 Å². The molecule has 1 aromatic rings. The molecule has 0 spiro atoms. The summed E-state index contributed by atoms with van der Waals surface area (Å²) in [6.07, 6.45) is 5.53. The quantitative estimate of drug-likeness (QED) is 0.769. The molecule has 0 radical (unpaired) electrons. The third-order valence-electron chi connectivity index (χ3n) is 4.34. The lowest BCUT2D eigenvalue weighted by Gasteiger charge is -2.28. The van der Waals surface area contributed by atoms with Crippen LogP contribution < -0.4 is 0 Å². The summed E-state index contributed by atoms with van der Waals surface area (Å²) < 4.78 is 5.03. The minimum atomic E-state index is -0.0539. The first-order valence-corrected chi connectivity index (χ1v) is 7.84. The molecule has 0 heterocycles. The van der Waals surface area contributed by atoms with E-state index in [9.17, 15) is 4.79 Å². The highest BCUT2D eigenvalue weighted by molar-refractivity contribution is 5.69. The molecule has 0 amide bonds. The number of hydrogen-bond donors (Lipinski definition) is 0. The van der Waals surface area contributed by atoms with Crippen LogP contribution in [0.2, 0.25) is 0 Å². The second kappa shape index (κ2) is 7.83. The summed E-state index contributed by atoms with van der Waals surface area (Å²) in [5.74, 6) is 1.03. The van der Waals surface area contributed by atoms with Gasteiger partial charge in [0.1, 0.15) is 0 Å². The molecule has 1 aromatic carbocycles. The second-order valence-corrected chi connectivity index (χ2v) is 5.80. The molecule has 0 aromatic heterocycles. The molecule has 3 heteroatoms. The first-order valence-electron chi connectivity index (χ1n) is 7.84. The van der Waals surface area contributed by atoms with E-state index in [1.165, 1.54) is 5.56 Å². The third-order valence-corrected chi connectivity index (χ3v) is 4.34. The highest BCUT2D eigenvalue weighted by atomic mass is 16.5. The average molecular weight is 285 g/mol. The van der Waals surface area contributed by atoms with E-state index in [0.29, 0.717) is 31.3 Å². The summed E-state index contributed by atoms with van der Waals surface area (Å²) in [5, 5.41) is 8.69. The smallest absolute Gasteiger partial charge is 0.306 e. The van der Waals surface area contributed by atoms with Gasteiger partial charge in [0, 0.05) is 6.42 Å². The predicted octanol–water partition coefficient (Wildman–Crippen LogP) is 3.98. The molecule has 0 unspecified atom stereocenters. The van der Waals surface area contributed by atoms with Crippen LogP contribution in [0.15, 0.2) is 24.3 Å². The van der Waals surface area contributed by atoms with E-state index in [4.69, 9.17) is 10.00 Å². The summed E-state index contributed by atoms with van der Waals surface area (Å²) in [4.78, 5) is 11.5. The lowest BCUT2D eigenvalue weighted by atomic mass is 9.77. The van der Waals surface area contributed by atoms with Crippen LogP contribution in [0.25, 0.3) is 0 Å². The van der Waals surface area contributed by atoms with Crippen LogP contribution >= 0.6 is 0 Å². The molecule has 1 aliphatic rings. The number of rotatable bonds is 5. The van der Waals surface area contributed by atoms with Crippen molar-refractivity contribution < 1.29 is 9.53 Å². The Balaban J connectivity index is 1.83. The molecule has 0 N–H and O–H groups in total. The van der Waals surface area contributed by atoms with Crippen LogP contribution in [0.5, 0.6) is 0 Å². The van der Waals surface area contributed by atoms with Crippen molar-refractivity contribution in [1.82, 2.24) is 0 Å². The van der Waals surface area contributed by atoms with Crippen LogP contribution in [0.3, 0.4) is 0 Å². The predicted molar refractivity (Wildman–Crippen MR) is 81.7 cm³/mol. The van der Waals surface area contributed by atoms with Gasteiger partial charge < -0.3 is 4.74 Å². The average Bonchev–Trinajstić information content (AvgIpc) is 2.49. The van der Waals surface area contributed by atoms with E-state index in [2.05, 4.69) is 30.3 Å². The monoisotopic (exact) mass is 285 g/mol. The fraction of sp³-hybridized carbons (Fsp3) is 0.556. The lowest BCUT2D eigenvalue weighted by Crippen LogP contribution is -2.17. The van der Waals surface area contributed by atoms with Crippen molar-refractivity contribution in [2.24, 2.45) is 5.92 Å². The normalized spacial score (nSPS) is 21.5. The van der Waals surface area contributed by atoms with E-state index in [-0.39, 0.29) is 5.97 Å². The zero-order valence-electron chi connectivity index (χ0n) is 12.7. The van der Waals surface area contributed by atoms with Crippen molar-refractivity contribution in [2.75, 3.05) is 6.61 Å². The molecular formula is C18H23NO2. The zero-order chi connectivity index (χ0) is 15.1. The molecule has 0 atom stereocenters. The molecule has 2 rings (SSSR count). The standard InChI is InChI=1S/C18H23NO2/c1-2-21-18(20)13-15-5-9-17(10-6-15)16-7-3-14(4-8-16)11-12-19/h3-4,7-8,15,17H,2,5-6,9-11,13H2,1H3/t15-,17-. The Kier molecular flexibility index (Phi) is 5.80. The number of carbonyl (C=O) groups is 1. The Morgan fingerprint density at radius 3 is 2.48 bits per heavy atom. The fourth-order valence-corrected chi connectivity index (χ4v) is 3.15. The van der Waals surface area contributed by atoms with Crippen LogP contribution in [-0.2, 0) is 16.0 Å². The number of hydrogen-bond acceptors (Lipinski definition) is 3. The molecule has 3 nitrogen and oxygen atoms in total. The molecule has 1 fully saturated rings. The molecule has 0 bridgehead atoms. The summed E-state index contributed by atoms with van der Waals surface area (Å²) in [5.41, 5.74) is 2.45. The Morgan fingerprint density at radius 1 is 1.24 bits per heavy atom. The molecule has 0 aliphatic heterocycles. The number of nitriles is 1. The molecule has 1 saturated carbocycles.